The fourth-order valence-corrected chi connectivity index (χ4v) is 2.10. The normalized spacial score (nSPS) is 14.8. The van der Waals surface area contributed by atoms with Crippen molar-refractivity contribution in [2.75, 3.05) is 13.2 Å². The zero-order chi connectivity index (χ0) is 15.1. The van der Waals surface area contributed by atoms with Crippen LogP contribution < -0.4 is 11.5 Å². The van der Waals surface area contributed by atoms with Crippen LogP contribution in [-0.2, 0) is 28.4 Å². The molecule has 0 spiro atoms. The number of hydrogen-bond acceptors (Lipinski definition) is 6. The molecule has 0 saturated heterocycles. The summed E-state index contributed by atoms with van der Waals surface area (Å²) in [5.41, 5.74) is 9.92. The fraction of sp³-hybridized carbons (Fsp3) is 0.800. The van der Waals surface area contributed by atoms with E-state index < -0.39 is 22.2 Å². The summed E-state index contributed by atoms with van der Waals surface area (Å²) < 4.78 is 31.8. The first-order chi connectivity index (χ1) is 8.62. The molecule has 0 aromatic rings. The van der Waals surface area contributed by atoms with Crippen molar-refractivity contribution in [2.45, 2.75) is 26.7 Å². The average molecular weight is 296 g/mol. The second-order valence-electron chi connectivity index (χ2n) is 4.53. The van der Waals surface area contributed by atoms with Crippen LogP contribution in [-0.4, -0.2) is 33.4 Å². The highest BCUT2D eigenvalue weighted by atomic mass is 32.3. The van der Waals surface area contributed by atoms with Crippen molar-refractivity contribution in [3.05, 3.63) is 0 Å². The number of amides is 2. The Morgan fingerprint density at radius 3 is 1.53 bits per heavy atom. The van der Waals surface area contributed by atoms with Crippen molar-refractivity contribution in [1.82, 2.24) is 0 Å². The lowest BCUT2D eigenvalue weighted by Crippen LogP contribution is -2.23. The Morgan fingerprint density at radius 1 is 0.947 bits per heavy atom. The molecule has 2 amide bonds. The molecule has 19 heavy (non-hydrogen) atoms. The summed E-state index contributed by atoms with van der Waals surface area (Å²) in [6.07, 6.45) is 0.0429. The van der Waals surface area contributed by atoms with Gasteiger partial charge in [-0.05, 0) is 11.8 Å². The molecule has 0 aliphatic carbocycles. The number of hydrogen-bond donors (Lipinski definition) is 2. The topological polar surface area (TPSA) is 139 Å². The van der Waals surface area contributed by atoms with Gasteiger partial charge in [0, 0.05) is 12.8 Å². The Kier molecular flexibility index (Phi) is 7.57. The molecule has 0 rings (SSSR count). The van der Waals surface area contributed by atoms with Crippen LogP contribution in [0.4, 0.5) is 0 Å². The van der Waals surface area contributed by atoms with E-state index in [9.17, 15) is 18.0 Å². The maximum atomic E-state index is 11.3. The molecule has 2 unspecified atom stereocenters. The lowest BCUT2D eigenvalue weighted by atomic mass is 10.1. The Labute approximate surface area is 112 Å². The van der Waals surface area contributed by atoms with Crippen LogP contribution in [0, 0.1) is 11.8 Å². The van der Waals surface area contributed by atoms with Crippen molar-refractivity contribution in [2.24, 2.45) is 23.3 Å². The molecule has 112 valence electrons. The van der Waals surface area contributed by atoms with E-state index in [1.54, 1.807) is 13.8 Å². The molecule has 0 heterocycles. The van der Waals surface area contributed by atoms with Crippen molar-refractivity contribution >= 4 is 22.2 Å². The van der Waals surface area contributed by atoms with Gasteiger partial charge >= 0.3 is 10.4 Å². The summed E-state index contributed by atoms with van der Waals surface area (Å²) in [7, 11) is -4.15. The van der Waals surface area contributed by atoms with Crippen molar-refractivity contribution in [1.29, 1.82) is 0 Å². The van der Waals surface area contributed by atoms with E-state index in [0.29, 0.717) is 0 Å². The molecule has 0 bridgehead atoms. The first kappa shape index (κ1) is 17.8. The number of primary amides is 2. The third kappa shape index (κ3) is 10.4. The van der Waals surface area contributed by atoms with Gasteiger partial charge in [-0.25, -0.2) is 8.37 Å². The number of nitrogens with two attached hydrogens (primary N) is 2. The molecule has 0 saturated carbocycles. The maximum Gasteiger partial charge on any atom is 0.399 e. The lowest BCUT2D eigenvalue weighted by molar-refractivity contribution is -0.119. The third-order valence-corrected chi connectivity index (χ3v) is 2.94. The predicted octanol–water partition coefficient (Wildman–Crippen LogP) is -0.713. The monoisotopic (exact) mass is 296 g/mol. The van der Waals surface area contributed by atoms with Gasteiger partial charge in [0.2, 0.25) is 11.8 Å². The molecule has 0 aliphatic rings. The van der Waals surface area contributed by atoms with Gasteiger partial charge in [-0.3, -0.25) is 9.59 Å². The van der Waals surface area contributed by atoms with Crippen LogP contribution in [0.15, 0.2) is 0 Å². The van der Waals surface area contributed by atoms with Crippen molar-refractivity contribution < 1.29 is 26.4 Å². The molecule has 4 N–H and O–H groups in total. The number of carbonyl (C=O) groups excluding carboxylic acids is 2. The van der Waals surface area contributed by atoms with Crippen molar-refractivity contribution in [3.63, 3.8) is 0 Å². The standard InChI is InChI=1S/C10H20N2O6S/c1-7(3-9(11)13)5-17-19(15,16)18-6-8(2)4-10(12)14/h7-8H,3-6H2,1-2H3,(H2,11,13)(H2,12,14). The largest absolute Gasteiger partial charge is 0.399 e. The molecule has 0 aliphatic heterocycles. The third-order valence-electron chi connectivity index (χ3n) is 2.09. The fourth-order valence-electron chi connectivity index (χ4n) is 1.24. The van der Waals surface area contributed by atoms with E-state index in [1.807, 2.05) is 0 Å². The summed E-state index contributed by atoms with van der Waals surface area (Å²) in [6, 6.07) is 0. The van der Waals surface area contributed by atoms with Gasteiger partial charge in [-0.2, -0.15) is 8.42 Å². The molecular weight excluding hydrogens is 276 g/mol. The highest BCUT2D eigenvalue weighted by molar-refractivity contribution is 7.81. The molecule has 2 atom stereocenters. The zero-order valence-electron chi connectivity index (χ0n) is 11.0. The predicted molar refractivity (Wildman–Crippen MR) is 66.8 cm³/mol. The van der Waals surface area contributed by atoms with Crippen molar-refractivity contribution in [3.8, 4) is 0 Å². The summed E-state index contributed by atoms with van der Waals surface area (Å²) in [5.74, 6) is -1.74. The van der Waals surface area contributed by atoms with E-state index in [0.717, 1.165) is 0 Å². The first-order valence-corrected chi connectivity index (χ1v) is 7.06. The van der Waals surface area contributed by atoms with Gasteiger partial charge in [0.1, 0.15) is 0 Å². The Bertz CT molecular complexity index is 376. The maximum absolute atomic E-state index is 11.3. The minimum absolute atomic E-state index is 0.0214. The highest BCUT2D eigenvalue weighted by Gasteiger charge is 2.17. The van der Waals surface area contributed by atoms with Gasteiger partial charge in [0.15, 0.2) is 0 Å². The van der Waals surface area contributed by atoms with Gasteiger partial charge in [0.05, 0.1) is 13.2 Å². The molecule has 0 aromatic carbocycles. The first-order valence-electron chi connectivity index (χ1n) is 5.72. The van der Waals surface area contributed by atoms with Gasteiger partial charge in [0.25, 0.3) is 0 Å². The van der Waals surface area contributed by atoms with E-state index in [4.69, 9.17) is 11.5 Å². The van der Waals surface area contributed by atoms with Crippen LogP contribution in [0.3, 0.4) is 0 Å². The van der Waals surface area contributed by atoms with Crippen LogP contribution in [0.1, 0.15) is 26.7 Å². The van der Waals surface area contributed by atoms with Gasteiger partial charge in [-0.1, -0.05) is 13.8 Å². The highest BCUT2D eigenvalue weighted by Crippen LogP contribution is 2.08. The number of carbonyl (C=O) groups is 2. The minimum Gasteiger partial charge on any atom is -0.370 e. The lowest BCUT2D eigenvalue weighted by Gasteiger charge is -2.12. The van der Waals surface area contributed by atoms with Crippen LogP contribution >= 0.6 is 0 Å². The molecule has 8 nitrogen and oxygen atoms in total. The van der Waals surface area contributed by atoms with Gasteiger partial charge in [-0.15, -0.1) is 0 Å². The second kappa shape index (κ2) is 8.08. The van der Waals surface area contributed by atoms with Crippen LogP contribution in [0.5, 0.6) is 0 Å². The molecule has 0 radical (unpaired) electrons. The van der Waals surface area contributed by atoms with Crippen LogP contribution in [0.25, 0.3) is 0 Å². The second-order valence-corrected chi connectivity index (χ2v) is 5.82. The summed E-state index contributed by atoms with van der Waals surface area (Å²) in [6.45, 7) is 2.84. The SMILES string of the molecule is CC(COS(=O)(=O)OCC(C)CC(N)=O)CC(N)=O. The molecule has 9 heteroatoms. The van der Waals surface area contributed by atoms with E-state index in [2.05, 4.69) is 8.37 Å². The summed E-state index contributed by atoms with van der Waals surface area (Å²) in [4.78, 5) is 21.2. The average Bonchev–Trinajstić information content (AvgIpc) is 2.22. The summed E-state index contributed by atoms with van der Waals surface area (Å²) in [5, 5.41) is 0. The van der Waals surface area contributed by atoms with E-state index in [1.165, 1.54) is 0 Å². The molecular formula is C10H20N2O6S. The minimum atomic E-state index is -4.15. The summed E-state index contributed by atoms with van der Waals surface area (Å²) >= 11 is 0. The molecule has 0 aromatic heterocycles. The van der Waals surface area contributed by atoms with Crippen LogP contribution in [0.2, 0.25) is 0 Å². The smallest absolute Gasteiger partial charge is 0.370 e. The number of rotatable bonds is 10. The molecule has 0 fully saturated rings. The Balaban J connectivity index is 4.05. The van der Waals surface area contributed by atoms with E-state index in [-0.39, 0.29) is 37.9 Å². The Morgan fingerprint density at radius 2 is 1.26 bits per heavy atom. The zero-order valence-corrected chi connectivity index (χ0v) is 11.8. The Hall–Kier alpha value is -1.19. The quantitative estimate of drug-likeness (QED) is 0.545. The van der Waals surface area contributed by atoms with Gasteiger partial charge < -0.3 is 11.5 Å². The van der Waals surface area contributed by atoms with E-state index >= 15 is 0 Å².